The Kier molecular flexibility index (Phi) is 10.9. The zero-order chi connectivity index (χ0) is 38.3. The summed E-state index contributed by atoms with van der Waals surface area (Å²) in [6.07, 6.45) is 11.4. The molecule has 1 N–H and O–H groups in total. The van der Waals surface area contributed by atoms with Crippen LogP contribution in [0.5, 0.6) is 5.75 Å². The Hall–Kier alpha value is -3.68. The number of carbonyl (C=O) groups excluding carboxylic acids is 2. The van der Waals surface area contributed by atoms with E-state index in [-0.39, 0.29) is 29.3 Å². The Labute approximate surface area is 329 Å². The summed E-state index contributed by atoms with van der Waals surface area (Å²) in [6.45, 7) is 5.24. The maximum atomic E-state index is 14.8. The largest absolute Gasteiger partial charge is 0.490 e. The van der Waals surface area contributed by atoms with Crippen molar-refractivity contribution in [3.8, 4) is 5.75 Å². The van der Waals surface area contributed by atoms with Crippen molar-refractivity contribution in [2.45, 2.75) is 76.2 Å². The van der Waals surface area contributed by atoms with Crippen molar-refractivity contribution < 1.29 is 32.7 Å². The van der Waals surface area contributed by atoms with Gasteiger partial charge in [-0.05, 0) is 104 Å². The number of rotatable bonds is 5. The normalized spacial score (nSPS) is 31.1. The minimum atomic E-state index is -3.57. The zero-order valence-corrected chi connectivity index (χ0v) is 33.4. The molecule has 3 aromatic rings. The van der Waals surface area contributed by atoms with Crippen LogP contribution >= 0.6 is 11.6 Å². The number of methoxy groups -OCH3 is 2. The fourth-order valence-electron chi connectivity index (χ4n) is 9.30. The number of benzene rings is 2. The zero-order valence-electron chi connectivity index (χ0n) is 31.8. The number of hydrogen-bond donors (Lipinski definition) is 1. The van der Waals surface area contributed by atoms with Crippen molar-refractivity contribution >= 4 is 39.0 Å². The molecule has 1 fully saturated rings. The van der Waals surface area contributed by atoms with Crippen LogP contribution in [0.1, 0.15) is 76.6 Å². The second kappa shape index (κ2) is 15.7. The summed E-state index contributed by atoms with van der Waals surface area (Å²) in [7, 11) is -0.177. The van der Waals surface area contributed by atoms with Crippen LogP contribution in [-0.4, -0.2) is 79.1 Å². The van der Waals surface area contributed by atoms with Gasteiger partial charge < -0.3 is 28.4 Å². The number of amides is 2. The molecule has 2 amide bonds. The van der Waals surface area contributed by atoms with Gasteiger partial charge in [-0.25, -0.2) is 4.21 Å². The molecule has 13 heteroatoms. The summed E-state index contributed by atoms with van der Waals surface area (Å²) in [5, 5.41) is 0.738. The van der Waals surface area contributed by atoms with Crippen molar-refractivity contribution in [2.75, 3.05) is 51.2 Å². The molecule has 5 aliphatic rings. The monoisotopic (exact) mass is 790 g/mol. The van der Waals surface area contributed by atoms with E-state index >= 15 is 0 Å². The summed E-state index contributed by atoms with van der Waals surface area (Å²) in [4.78, 5) is 30.3. The van der Waals surface area contributed by atoms with E-state index in [0.717, 1.165) is 55.1 Å². The first-order chi connectivity index (χ1) is 26.5. The van der Waals surface area contributed by atoms with Crippen molar-refractivity contribution in [3.63, 3.8) is 0 Å². The molecule has 8 rings (SSSR count). The molecule has 4 heterocycles. The number of fused-ring (bicyclic) bond motifs is 5. The summed E-state index contributed by atoms with van der Waals surface area (Å²) >= 11 is 6.48. The van der Waals surface area contributed by atoms with Crippen LogP contribution in [0.2, 0.25) is 5.02 Å². The summed E-state index contributed by atoms with van der Waals surface area (Å²) < 4.78 is 47.6. The number of halogens is 1. The second-order valence-corrected chi connectivity index (χ2v) is 18.6. The number of hydrogen-bond acceptors (Lipinski definition) is 8. The molecule has 1 saturated carbocycles. The number of aromatic nitrogens is 1. The topological polar surface area (TPSA) is 121 Å². The molecule has 3 aliphatic heterocycles. The molecule has 0 saturated heterocycles. The molecule has 2 aromatic carbocycles. The Morgan fingerprint density at radius 2 is 2.02 bits per heavy atom. The molecular formula is C42H51ClN4O7S. The lowest BCUT2D eigenvalue weighted by Crippen LogP contribution is -2.49. The lowest BCUT2D eigenvalue weighted by Gasteiger charge is -2.46. The molecule has 7 atom stereocenters. The Morgan fingerprint density at radius 3 is 2.82 bits per heavy atom. The van der Waals surface area contributed by atoms with Crippen molar-refractivity contribution in [1.82, 2.24) is 9.29 Å². The molecule has 1 aromatic heterocycles. The van der Waals surface area contributed by atoms with Gasteiger partial charge in [0, 0.05) is 55.2 Å². The fraction of sp³-hybridized carbons (Fsp3) is 0.524. The van der Waals surface area contributed by atoms with Gasteiger partial charge in [0.25, 0.3) is 11.8 Å². The SMILES string of the molecule is COC[C@@H]1Cn2cc(C(=O)N[S@@]3(=O)=NC(=O)c4ccc5c(c4)N(C[C@@H]4CC[C@H]4[C@@H](OC)/C=C/C[C@H](C)C3)C[C@@]3(CCCc4cc(Cl)ccc43)CO5)cc2CO1. The van der Waals surface area contributed by atoms with E-state index in [1.54, 1.807) is 32.5 Å². The lowest BCUT2D eigenvalue weighted by atomic mass is 9.68. The number of aryl methyl sites for hydroxylation is 1. The van der Waals surface area contributed by atoms with Gasteiger partial charge in [0.05, 0.1) is 55.6 Å². The van der Waals surface area contributed by atoms with Gasteiger partial charge in [-0.2, -0.15) is 0 Å². The summed E-state index contributed by atoms with van der Waals surface area (Å²) in [6, 6.07) is 13.3. The van der Waals surface area contributed by atoms with Crippen LogP contribution < -0.4 is 14.4 Å². The second-order valence-electron chi connectivity index (χ2n) is 16.2. The molecule has 294 valence electrons. The number of nitrogens with one attached hydrogen (secondary N) is 1. The molecule has 11 nitrogen and oxygen atoms in total. The lowest BCUT2D eigenvalue weighted by molar-refractivity contribution is -0.0382. The third kappa shape index (κ3) is 7.85. The molecule has 55 heavy (non-hydrogen) atoms. The van der Waals surface area contributed by atoms with Crippen LogP contribution in [0.4, 0.5) is 5.69 Å². The average molecular weight is 791 g/mol. The average Bonchev–Trinajstić information content (AvgIpc) is 3.51. The molecule has 0 unspecified atom stereocenters. The first kappa shape index (κ1) is 38.2. The minimum Gasteiger partial charge on any atom is -0.490 e. The first-order valence-corrected chi connectivity index (χ1v) is 21.5. The highest BCUT2D eigenvalue weighted by Gasteiger charge is 2.44. The van der Waals surface area contributed by atoms with Crippen LogP contribution in [0.15, 0.2) is 65.2 Å². The number of nitrogens with zero attached hydrogens (tertiary/aromatic N) is 3. The van der Waals surface area contributed by atoms with Gasteiger partial charge in [-0.15, -0.1) is 4.36 Å². The van der Waals surface area contributed by atoms with Gasteiger partial charge in [-0.3, -0.25) is 14.3 Å². The van der Waals surface area contributed by atoms with Crippen LogP contribution in [0.3, 0.4) is 0 Å². The Balaban J connectivity index is 1.16. The minimum absolute atomic E-state index is 0.00274. The predicted molar refractivity (Wildman–Crippen MR) is 212 cm³/mol. The highest BCUT2D eigenvalue weighted by Crippen LogP contribution is 2.47. The third-order valence-electron chi connectivity index (χ3n) is 12.2. The summed E-state index contributed by atoms with van der Waals surface area (Å²) in [5.41, 5.74) is 4.54. The van der Waals surface area contributed by atoms with Gasteiger partial charge >= 0.3 is 0 Å². The molecule has 2 bridgehead atoms. The fourth-order valence-corrected chi connectivity index (χ4v) is 11.4. The number of ether oxygens (including phenoxy) is 4. The van der Waals surface area contributed by atoms with Crippen molar-refractivity contribution in [3.05, 3.63) is 93.8 Å². The first-order valence-electron chi connectivity index (χ1n) is 19.5. The maximum absolute atomic E-state index is 14.8. The van der Waals surface area contributed by atoms with E-state index in [2.05, 4.69) is 38.3 Å². The smallest absolute Gasteiger partial charge is 0.286 e. The highest BCUT2D eigenvalue weighted by atomic mass is 35.5. The Bertz CT molecular complexity index is 2110. The molecule has 2 aliphatic carbocycles. The van der Waals surface area contributed by atoms with Gasteiger partial charge in [0.1, 0.15) is 15.7 Å². The van der Waals surface area contributed by atoms with Gasteiger partial charge in [0.15, 0.2) is 0 Å². The van der Waals surface area contributed by atoms with Gasteiger partial charge in [-0.1, -0.05) is 36.7 Å². The number of anilines is 1. The summed E-state index contributed by atoms with van der Waals surface area (Å²) in [5.74, 6) is 0.0503. The van der Waals surface area contributed by atoms with Crippen molar-refractivity contribution in [1.29, 1.82) is 0 Å². The van der Waals surface area contributed by atoms with Crippen LogP contribution in [0.25, 0.3) is 0 Å². The number of allylic oxidation sites excluding steroid dienone is 1. The molecular weight excluding hydrogens is 740 g/mol. The van der Waals surface area contributed by atoms with Crippen LogP contribution in [-0.2, 0) is 49.1 Å². The van der Waals surface area contributed by atoms with E-state index in [9.17, 15) is 13.8 Å². The highest BCUT2D eigenvalue weighted by molar-refractivity contribution is 7.92. The van der Waals surface area contributed by atoms with E-state index < -0.39 is 21.7 Å². The van der Waals surface area contributed by atoms with Crippen LogP contribution in [0, 0.1) is 17.8 Å². The van der Waals surface area contributed by atoms with E-state index in [0.29, 0.717) is 68.0 Å². The maximum Gasteiger partial charge on any atom is 0.286 e. The van der Waals surface area contributed by atoms with Gasteiger partial charge in [0.2, 0.25) is 0 Å². The Morgan fingerprint density at radius 1 is 1.15 bits per heavy atom. The van der Waals surface area contributed by atoms with E-state index in [4.69, 9.17) is 30.5 Å². The van der Waals surface area contributed by atoms with E-state index in [1.807, 2.05) is 29.7 Å². The quantitative estimate of drug-likeness (QED) is 0.282. The predicted octanol–water partition coefficient (Wildman–Crippen LogP) is 6.75. The standard InChI is InChI=1S/C42H51ClN4O7S/c1-27-6-4-8-38(52-3)35-12-9-30(35)19-47-25-42(15-5-7-28-16-32(43)11-13-36(28)42)26-54-39-14-10-29(18-37(39)47)40(48)44-55(50,24-27)45-41(49)31-17-33-22-53-34(23-51-2)21-46(33)20-31/h4,8,10-11,13-14,16-18,20,27,30,34-35,38H,5-7,9,12,15,19,21-26H2,1-3H3,(H,44,45,48,49,50)/b8-4+/t27-,30-,34-,35+,38-,42-,55-/m0/s1. The molecule has 0 radical (unpaired) electrons. The third-order valence-corrected chi connectivity index (χ3v) is 14.5. The van der Waals surface area contributed by atoms with Crippen molar-refractivity contribution in [2.24, 2.45) is 22.1 Å². The molecule has 1 spiro atoms. The van der Waals surface area contributed by atoms with E-state index in [1.165, 1.54) is 11.1 Å². The number of carbonyl (C=O) groups is 2.